The zero-order chi connectivity index (χ0) is 16.6. The van der Waals surface area contributed by atoms with E-state index in [0.717, 1.165) is 9.75 Å². The highest BCUT2D eigenvalue weighted by Crippen LogP contribution is 2.27. The predicted molar refractivity (Wildman–Crippen MR) is 89.5 cm³/mol. The quantitative estimate of drug-likeness (QED) is 0.632. The molecular formula is C17H14N2O3S. The number of carboxylic acid groups (broad SMARTS) is 1. The molecule has 116 valence electrons. The van der Waals surface area contributed by atoms with Gasteiger partial charge in [0.05, 0.1) is 26.4 Å². The molecule has 2 heterocycles. The minimum atomic E-state index is -1.03. The summed E-state index contributed by atoms with van der Waals surface area (Å²) >= 11 is 1.46. The van der Waals surface area contributed by atoms with Crippen LogP contribution in [-0.4, -0.2) is 31.8 Å². The Morgan fingerprint density at radius 2 is 2.09 bits per heavy atom. The summed E-state index contributed by atoms with van der Waals surface area (Å²) in [6.45, 7) is 3.27. The van der Waals surface area contributed by atoms with Crippen LogP contribution in [-0.2, 0) is 0 Å². The first-order chi connectivity index (χ1) is 10.8. The van der Waals surface area contributed by atoms with Gasteiger partial charge >= 0.3 is 5.97 Å². The molecule has 0 saturated carbocycles. The molecule has 0 saturated heterocycles. The van der Waals surface area contributed by atoms with Crippen molar-refractivity contribution < 1.29 is 15.0 Å². The maximum Gasteiger partial charge on any atom is 0.335 e. The van der Waals surface area contributed by atoms with Crippen molar-refractivity contribution in [3.8, 4) is 22.5 Å². The Labute approximate surface area is 136 Å². The summed E-state index contributed by atoms with van der Waals surface area (Å²) in [7, 11) is 0. The number of imidazole rings is 1. The first kappa shape index (κ1) is 15.3. The number of H-pyrrole nitrogens is 1. The molecule has 0 unspecified atom stereocenters. The van der Waals surface area contributed by atoms with E-state index in [2.05, 4.69) is 21.8 Å². The molecule has 6 heteroatoms. The van der Waals surface area contributed by atoms with Crippen LogP contribution in [0.4, 0.5) is 0 Å². The van der Waals surface area contributed by atoms with E-state index in [1.54, 1.807) is 26.0 Å². The lowest BCUT2D eigenvalue weighted by Gasteiger charge is -2.05. The average Bonchev–Trinajstić information content (AvgIpc) is 3.09. The molecule has 3 N–H and O–H groups in total. The van der Waals surface area contributed by atoms with Crippen molar-refractivity contribution in [2.45, 2.75) is 19.4 Å². The SMILES string of the molecule is CC(C)(O)C#Cc1ccc(-c2nc3ccc(C(=O)O)cc3[nH]2)s1. The summed E-state index contributed by atoms with van der Waals surface area (Å²) < 4.78 is 0. The summed E-state index contributed by atoms with van der Waals surface area (Å²) in [5.41, 5.74) is 0.576. The van der Waals surface area contributed by atoms with E-state index >= 15 is 0 Å². The number of aliphatic hydroxyl groups is 1. The van der Waals surface area contributed by atoms with Crippen molar-refractivity contribution >= 4 is 28.3 Å². The van der Waals surface area contributed by atoms with Gasteiger partial charge in [0, 0.05) is 0 Å². The van der Waals surface area contributed by atoms with Crippen LogP contribution < -0.4 is 0 Å². The van der Waals surface area contributed by atoms with Gasteiger partial charge in [0.1, 0.15) is 11.4 Å². The molecule has 3 aromatic rings. The van der Waals surface area contributed by atoms with Crippen LogP contribution in [0.3, 0.4) is 0 Å². The van der Waals surface area contributed by atoms with Crippen LogP contribution in [0.25, 0.3) is 21.7 Å². The number of aromatic amines is 1. The minimum absolute atomic E-state index is 0.218. The topological polar surface area (TPSA) is 86.2 Å². The zero-order valence-electron chi connectivity index (χ0n) is 12.5. The number of carbonyl (C=O) groups is 1. The van der Waals surface area contributed by atoms with Gasteiger partial charge in [-0.2, -0.15) is 0 Å². The van der Waals surface area contributed by atoms with Gasteiger partial charge in [-0.3, -0.25) is 0 Å². The maximum atomic E-state index is 11.0. The molecule has 0 aliphatic carbocycles. The molecule has 0 amide bonds. The fourth-order valence-electron chi connectivity index (χ4n) is 2.01. The van der Waals surface area contributed by atoms with E-state index in [1.165, 1.54) is 17.4 Å². The highest BCUT2D eigenvalue weighted by molar-refractivity contribution is 7.15. The molecule has 0 aliphatic rings. The Kier molecular flexibility index (Phi) is 3.68. The first-order valence-corrected chi connectivity index (χ1v) is 7.72. The summed E-state index contributed by atoms with van der Waals surface area (Å²) in [5.74, 6) is 5.40. The van der Waals surface area contributed by atoms with Gasteiger partial charge in [-0.25, -0.2) is 9.78 Å². The number of rotatable bonds is 2. The number of nitrogens with one attached hydrogen (secondary N) is 1. The molecular weight excluding hydrogens is 312 g/mol. The van der Waals surface area contributed by atoms with Gasteiger partial charge in [0.15, 0.2) is 0 Å². The van der Waals surface area contributed by atoms with Crippen LogP contribution in [0, 0.1) is 11.8 Å². The number of hydrogen-bond acceptors (Lipinski definition) is 4. The Morgan fingerprint density at radius 1 is 1.30 bits per heavy atom. The lowest BCUT2D eigenvalue weighted by Crippen LogP contribution is -2.14. The largest absolute Gasteiger partial charge is 0.478 e. The molecule has 0 spiro atoms. The summed E-state index contributed by atoms with van der Waals surface area (Å²) in [6.07, 6.45) is 0. The van der Waals surface area contributed by atoms with Gasteiger partial charge in [0.25, 0.3) is 0 Å². The molecule has 0 fully saturated rings. The molecule has 5 nitrogen and oxygen atoms in total. The highest BCUT2D eigenvalue weighted by Gasteiger charge is 2.11. The monoisotopic (exact) mass is 326 g/mol. The lowest BCUT2D eigenvalue weighted by atomic mass is 10.1. The van der Waals surface area contributed by atoms with Crippen molar-refractivity contribution in [3.63, 3.8) is 0 Å². The Bertz CT molecular complexity index is 952. The molecule has 2 aromatic heterocycles. The van der Waals surface area contributed by atoms with Crippen molar-refractivity contribution in [2.24, 2.45) is 0 Å². The highest BCUT2D eigenvalue weighted by atomic mass is 32.1. The van der Waals surface area contributed by atoms with Gasteiger partial charge in [-0.05, 0) is 44.2 Å². The molecule has 0 aliphatic heterocycles. The van der Waals surface area contributed by atoms with Gasteiger partial charge < -0.3 is 15.2 Å². The van der Waals surface area contributed by atoms with Crippen molar-refractivity contribution in [1.82, 2.24) is 9.97 Å². The Morgan fingerprint density at radius 3 is 2.78 bits per heavy atom. The number of nitrogens with zero attached hydrogens (tertiary/aromatic N) is 1. The van der Waals surface area contributed by atoms with Crippen LogP contribution in [0.1, 0.15) is 29.1 Å². The third-order valence-electron chi connectivity index (χ3n) is 3.06. The van der Waals surface area contributed by atoms with Crippen molar-refractivity contribution in [3.05, 3.63) is 40.8 Å². The van der Waals surface area contributed by atoms with Crippen LogP contribution in [0.15, 0.2) is 30.3 Å². The van der Waals surface area contributed by atoms with Crippen molar-refractivity contribution in [2.75, 3.05) is 0 Å². The number of aromatic carboxylic acids is 1. The normalized spacial score (nSPS) is 11.3. The molecule has 0 bridgehead atoms. The van der Waals surface area contributed by atoms with Crippen LogP contribution in [0.2, 0.25) is 0 Å². The third kappa shape index (κ3) is 3.42. The van der Waals surface area contributed by atoms with E-state index in [1.807, 2.05) is 12.1 Å². The van der Waals surface area contributed by atoms with Gasteiger partial charge in [-0.1, -0.05) is 11.8 Å². The fourth-order valence-corrected chi connectivity index (χ4v) is 2.81. The van der Waals surface area contributed by atoms with Crippen LogP contribution >= 0.6 is 11.3 Å². The second-order valence-electron chi connectivity index (χ2n) is 5.60. The zero-order valence-corrected chi connectivity index (χ0v) is 13.4. The fraction of sp³-hybridized carbons (Fsp3) is 0.176. The van der Waals surface area contributed by atoms with E-state index in [-0.39, 0.29) is 5.56 Å². The summed E-state index contributed by atoms with van der Waals surface area (Å²) in [6, 6.07) is 8.55. The predicted octanol–water partition coefficient (Wildman–Crippen LogP) is 3.11. The second kappa shape index (κ2) is 5.54. The van der Waals surface area contributed by atoms with E-state index in [0.29, 0.717) is 16.9 Å². The molecule has 0 atom stereocenters. The van der Waals surface area contributed by atoms with Gasteiger partial charge in [0.2, 0.25) is 0 Å². The molecule has 3 rings (SSSR count). The minimum Gasteiger partial charge on any atom is -0.478 e. The smallest absolute Gasteiger partial charge is 0.335 e. The number of benzene rings is 1. The molecule has 1 aromatic carbocycles. The Balaban J connectivity index is 1.96. The maximum absolute atomic E-state index is 11.0. The number of fused-ring (bicyclic) bond motifs is 1. The summed E-state index contributed by atoms with van der Waals surface area (Å²) in [5, 5.41) is 18.7. The first-order valence-electron chi connectivity index (χ1n) is 6.91. The van der Waals surface area contributed by atoms with E-state index in [4.69, 9.17) is 5.11 Å². The summed E-state index contributed by atoms with van der Waals surface area (Å²) in [4.78, 5) is 20.3. The lowest BCUT2D eigenvalue weighted by molar-refractivity contribution is 0.0697. The third-order valence-corrected chi connectivity index (χ3v) is 4.07. The number of carboxylic acids is 1. The van der Waals surface area contributed by atoms with E-state index in [9.17, 15) is 9.90 Å². The second-order valence-corrected chi connectivity index (χ2v) is 6.68. The van der Waals surface area contributed by atoms with Gasteiger partial charge in [-0.15, -0.1) is 11.3 Å². The standard InChI is InChI=1S/C17H14N2O3S/c1-17(2,22)8-7-11-4-6-14(23-11)15-18-12-5-3-10(16(20)21)9-13(12)19-15/h3-6,9,22H,1-2H3,(H,18,19)(H,20,21). The average molecular weight is 326 g/mol. The number of thiophene rings is 1. The van der Waals surface area contributed by atoms with Crippen LogP contribution in [0.5, 0.6) is 0 Å². The molecule has 23 heavy (non-hydrogen) atoms. The molecule has 0 radical (unpaired) electrons. The number of hydrogen-bond donors (Lipinski definition) is 3. The Hall–Kier alpha value is -2.62. The van der Waals surface area contributed by atoms with Crippen molar-refractivity contribution in [1.29, 1.82) is 0 Å². The number of aromatic nitrogens is 2. The van der Waals surface area contributed by atoms with E-state index < -0.39 is 11.6 Å².